The maximum atomic E-state index is 5.79. The van der Waals surface area contributed by atoms with E-state index in [1.807, 2.05) is 0 Å². The minimum Gasteiger partial charge on any atom is -0.419 e. The highest BCUT2D eigenvalue weighted by Crippen LogP contribution is 2.02. The SMILES string of the molecule is CCC[SiH2]OCC(O[SiH](C)C)O[SiH](C)C. The third kappa shape index (κ3) is 10.8. The Bertz CT molecular complexity index is 135. The lowest BCUT2D eigenvalue weighted by molar-refractivity contribution is -0.0305. The number of rotatable bonds is 9. The molecular weight excluding hydrogens is 240 g/mol. The zero-order valence-corrected chi connectivity index (χ0v) is 14.5. The molecule has 0 saturated carbocycles. The molecule has 3 nitrogen and oxygen atoms in total. The van der Waals surface area contributed by atoms with E-state index in [-0.39, 0.29) is 16.1 Å². The van der Waals surface area contributed by atoms with Crippen molar-refractivity contribution < 1.29 is 13.3 Å². The van der Waals surface area contributed by atoms with Crippen molar-refractivity contribution in [3.63, 3.8) is 0 Å². The van der Waals surface area contributed by atoms with Crippen molar-refractivity contribution in [2.24, 2.45) is 0 Å². The fraction of sp³-hybridized carbons (Fsp3) is 1.00. The van der Waals surface area contributed by atoms with Crippen molar-refractivity contribution in [1.82, 2.24) is 0 Å². The molecule has 92 valence electrons. The van der Waals surface area contributed by atoms with E-state index in [1.165, 1.54) is 12.5 Å². The fourth-order valence-electron chi connectivity index (χ4n) is 1.14. The van der Waals surface area contributed by atoms with Crippen molar-refractivity contribution in [3.8, 4) is 0 Å². The van der Waals surface area contributed by atoms with Gasteiger partial charge >= 0.3 is 0 Å². The van der Waals surface area contributed by atoms with Crippen LogP contribution >= 0.6 is 0 Å². The zero-order chi connectivity index (χ0) is 11.7. The van der Waals surface area contributed by atoms with Crippen molar-refractivity contribution >= 4 is 27.8 Å². The molecule has 0 aliphatic carbocycles. The van der Waals surface area contributed by atoms with Crippen molar-refractivity contribution in [3.05, 3.63) is 0 Å². The standard InChI is InChI=1S/C9H26O3Si3/c1-6-7-13-10-8-9(11-14(2)3)12-15(4)5/h9,14-15H,6-8,13H2,1-5H3. The Morgan fingerprint density at radius 2 is 1.60 bits per heavy atom. The predicted molar refractivity (Wildman–Crippen MR) is 73.3 cm³/mol. The second-order valence-corrected chi connectivity index (χ2v) is 10.5. The first-order valence-corrected chi connectivity index (χ1v) is 13.1. The van der Waals surface area contributed by atoms with Gasteiger partial charge in [-0.05, 0) is 32.2 Å². The van der Waals surface area contributed by atoms with Gasteiger partial charge < -0.3 is 13.3 Å². The van der Waals surface area contributed by atoms with Crippen LogP contribution in [-0.2, 0) is 13.3 Å². The summed E-state index contributed by atoms with van der Waals surface area (Å²) in [4.78, 5) is 0. The summed E-state index contributed by atoms with van der Waals surface area (Å²) >= 11 is 0. The molecule has 0 radical (unpaired) electrons. The molecule has 0 aromatic heterocycles. The molecule has 0 unspecified atom stereocenters. The first kappa shape index (κ1) is 15.5. The minimum absolute atomic E-state index is 0.0762. The molecule has 0 spiro atoms. The summed E-state index contributed by atoms with van der Waals surface area (Å²) in [5.74, 6) is 0. The molecule has 0 atom stereocenters. The van der Waals surface area contributed by atoms with Crippen LogP contribution in [0.2, 0.25) is 32.2 Å². The minimum atomic E-state index is -1.01. The largest absolute Gasteiger partial charge is 0.419 e. The van der Waals surface area contributed by atoms with Gasteiger partial charge in [-0.15, -0.1) is 0 Å². The molecule has 0 aliphatic rings. The van der Waals surface area contributed by atoms with Gasteiger partial charge in [0.15, 0.2) is 34.1 Å². The Labute approximate surface area is 99.9 Å². The van der Waals surface area contributed by atoms with Gasteiger partial charge in [0.1, 0.15) is 0 Å². The monoisotopic (exact) mass is 266 g/mol. The third-order valence-electron chi connectivity index (χ3n) is 1.74. The number of hydrogen-bond donors (Lipinski definition) is 0. The van der Waals surface area contributed by atoms with E-state index in [9.17, 15) is 0 Å². The molecular formula is C9H26O3Si3. The summed E-state index contributed by atoms with van der Waals surface area (Å²) < 4.78 is 17.3. The van der Waals surface area contributed by atoms with Crippen LogP contribution in [0.25, 0.3) is 0 Å². The van der Waals surface area contributed by atoms with Crippen LogP contribution in [0, 0.1) is 0 Å². The van der Waals surface area contributed by atoms with Gasteiger partial charge in [-0.3, -0.25) is 0 Å². The summed E-state index contributed by atoms with van der Waals surface area (Å²) in [6.07, 6.45) is 1.16. The first-order chi connectivity index (χ1) is 7.06. The van der Waals surface area contributed by atoms with Gasteiger partial charge in [-0.1, -0.05) is 13.3 Å². The van der Waals surface area contributed by atoms with Crippen LogP contribution in [0.4, 0.5) is 0 Å². The highest BCUT2D eigenvalue weighted by Gasteiger charge is 2.13. The van der Waals surface area contributed by atoms with Gasteiger partial charge in [0, 0.05) is 0 Å². The van der Waals surface area contributed by atoms with Crippen LogP contribution in [-0.4, -0.2) is 40.7 Å². The van der Waals surface area contributed by atoms with Gasteiger partial charge in [0.2, 0.25) is 0 Å². The normalized spacial score (nSPS) is 12.8. The second kappa shape index (κ2) is 9.74. The second-order valence-electron chi connectivity index (χ2n) is 4.23. The Kier molecular flexibility index (Phi) is 10.1. The van der Waals surface area contributed by atoms with E-state index in [1.54, 1.807) is 0 Å². The van der Waals surface area contributed by atoms with E-state index < -0.39 is 18.1 Å². The van der Waals surface area contributed by atoms with Crippen molar-refractivity contribution in [2.45, 2.75) is 51.9 Å². The molecule has 0 bridgehead atoms. The third-order valence-corrected chi connectivity index (χ3v) is 4.96. The summed E-state index contributed by atoms with van der Waals surface area (Å²) in [6, 6.07) is 1.25. The van der Waals surface area contributed by atoms with Gasteiger partial charge in [0.25, 0.3) is 0 Å². The average Bonchev–Trinajstić information content (AvgIpc) is 2.10. The van der Waals surface area contributed by atoms with Gasteiger partial charge in [0.05, 0.1) is 6.61 Å². The maximum Gasteiger partial charge on any atom is 0.174 e. The Balaban J connectivity index is 3.69. The van der Waals surface area contributed by atoms with Crippen LogP contribution in [0.3, 0.4) is 0 Å². The lowest BCUT2D eigenvalue weighted by Crippen LogP contribution is -2.32. The van der Waals surface area contributed by atoms with E-state index in [4.69, 9.17) is 13.3 Å². The zero-order valence-electron chi connectivity index (χ0n) is 10.8. The molecule has 0 rings (SSSR count). The quantitative estimate of drug-likeness (QED) is 0.357. The van der Waals surface area contributed by atoms with Crippen molar-refractivity contribution in [2.75, 3.05) is 6.61 Å². The maximum absolute atomic E-state index is 5.79. The topological polar surface area (TPSA) is 27.7 Å². The van der Waals surface area contributed by atoms with E-state index in [0.717, 1.165) is 0 Å². The molecule has 0 saturated heterocycles. The molecule has 0 aromatic carbocycles. The summed E-state index contributed by atoms with van der Waals surface area (Å²) in [6.45, 7) is 11.5. The molecule has 6 heteroatoms. The Hall–Kier alpha value is 0.531. The number of hydrogen-bond acceptors (Lipinski definition) is 3. The fourth-order valence-corrected chi connectivity index (χ4v) is 3.62. The van der Waals surface area contributed by atoms with Gasteiger partial charge in [-0.2, -0.15) is 0 Å². The highest BCUT2D eigenvalue weighted by atomic mass is 28.3. The molecule has 0 N–H and O–H groups in total. The Morgan fingerprint density at radius 3 is 2.00 bits per heavy atom. The van der Waals surface area contributed by atoms with Crippen molar-refractivity contribution in [1.29, 1.82) is 0 Å². The molecule has 15 heavy (non-hydrogen) atoms. The van der Waals surface area contributed by atoms with Gasteiger partial charge in [-0.25, -0.2) is 0 Å². The van der Waals surface area contributed by atoms with Crippen LogP contribution in [0.15, 0.2) is 0 Å². The summed E-state index contributed by atoms with van der Waals surface area (Å²) in [5.41, 5.74) is 0. The van der Waals surface area contributed by atoms with E-state index in [2.05, 4.69) is 33.1 Å². The molecule has 0 amide bonds. The Morgan fingerprint density at radius 1 is 1.07 bits per heavy atom. The molecule has 0 heterocycles. The van der Waals surface area contributed by atoms with E-state index >= 15 is 0 Å². The molecule has 0 aromatic rings. The first-order valence-electron chi connectivity index (χ1n) is 5.94. The van der Waals surface area contributed by atoms with Crippen LogP contribution in [0.5, 0.6) is 0 Å². The smallest absolute Gasteiger partial charge is 0.174 e. The van der Waals surface area contributed by atoms with E-state index in [0.29, 0.717) is 6.61 Å². The molecule has 0 aliphatic heterocycles. The van der Waals surface area contributed by atoms with Crippen LogP contribution < -0.4 is 0 Å². The highest BCUT2D eigenvalue weighted by molar-refractivity contribution is 6.49. The average molecular weight is 267 g/mol. The lowest BCUT2D eigenvalue weighted by atomic mass is 10.6. The predicted octanol–water partition coefficient (Wildman–Crippen LogP) is 1.24. The summed E-state index contributed by atoms with van der Waals surface area (Å²) in [7, 11) is -2.36. The molecule has 0 fully saturated rings. The lowest BCUT2D eigenvalue weighted by Gasteiger charge is -2.23. The summed E-state index contributed by atoms with van der Waals surface area (Å²) in [5, 5.41) is 0. The van der Waals surface area contributed by atoms with Crippen LogP contribution in [0.1, 0.15) is 13.3 Å².